The van der Waals surface area contributed by atoms with E-state index in [0.717, 1.165) is 12.1 Å². The second-order valence-electron chi connectivity index (χ2n) is 3.19. The van der Waals surface area contributed by atoms with Crippen molar-refractivity contribution >= 4 is 5.78 Å². The van der Waals surface area contributed by atoms with Gasteiger partial charge in [0.2, 0.25) is 0 Å². The Morgan fingerprint density at radius 1 is 1.44 bits per heavy atom. The third kappa shape index (κ3) is 2.53. The number of halogens is 3. The minimum Gasteiger partial charge on any atom is -0.434 e. The predicted octanol–water partition coefficient (Wildman–Crippen LogP) is 3.19. The molecule has 1 aromatic rings. The molecule has 0 atom stereocenters. The Morgan fingerprint density at radius 2 is 2.06 bits per heavy atom. The van der Waals surface area contributed by atoms with E-state index in [2.05, 4.69) is 4.74 Å². The Kier molecular flexibility index (Phi) is 3.93. The summed E-state index contributed by atoms with van der Waals surface area (Å²) in [6.07, 6.45) is 0.176. The van der Waals surface area contributed by atoms with Crippen molar-refractivity contribution in [1.29, 1.82) is 0 Å². The maximum atomic E-state index is 13.3. The summed E-state index contributed by atoms with van der Waals surface area (Å²) in [6.45, 7) is -0.267. The molecule has 16 heavy (non-hydrogen) atoms. The number of rotatable bonds is 4. The van der Waals surface area contributed by atoms with E-state index in [1.807, 2.05) is 0 Å². The molecule has 1 rings (SSSR count). The molecule has 0 spiro atoms. The van der Waals surface area contributed by atoms with Gasteiger partial charge < -0.3 is 4.74 Å². The van der Waals surface area contributed by atoms with Crippen LogP contribution in [0.4, 0.5) is 13.2 Å². The minimum atomic E-state index is -3.08. The molecule has 0 aliphatic rings. The van der Waals surface area contributed by atoms with E-state index in [-0.39, 0.29) is 23.3 Å². The fourth-order valence-corrected chi connectivity index (χ4v) is 1.43. The molecule has 0 heterocycles. The van der Waals surface area contributed by atoms with Crippen LogP contribution in [0.3, 0.4) is 0 Å². The smallest absolute Gasteiger partial charge is 0.387 e. The Balaban J connectivity index is 3.34. The van der Waals surface area contributed by atoms with Gasteiger partial charge in [0.25, 0.3) is 0 Å². The topological polar surface area (TPSA) is 26.3 Å². The lowest BCUT2D eigenvalue weighted by Crippen LogP contribution is -2.10. The van der Waals surface area contributed by atoms with E-state index in [1.54, 1.807) is 6.92 Å². The van der Waals surface area contributed by atoms with Crippen molar-refractivity contribution in [3.63, 3.8) is 0 Å². The molecule has 1 aromatic carbocycles. The van der Waals surface area contributed by atoms with Gasteiger partial charge in [0.05, 0.1) is 5.56 Å². The Morgan fingerprint density at radius 3 is 2.50 bits per heavy atom. The first-order valence-electron chi connectivity index (χ1n) is 4.74. The van der Waals surface area contributed by atoms with Gasteiger partial charge in [-0.15, -0.1) is 0 Å². The van der Waals surface area contributed by atoms with E-state index in [0.29, 0.717) is 0 Å². The quantitative estimate of drug-likeness (QED) is 0.745. The summed E-state index contributed by atoms with van der Waals surface area (Å²) >= 11 is 0. The van der Waals surface area contributed by atoms with Crippen LogP contribution in [0.2, 0.25) is 0 Å². The zero-order valence-electron chi connectivity index (χ0n) is 8.89. The molecule has 0 aromatic heterocycles. The summed E-state index contributed by atoms with van der Waals surface area (Å²) in [5, 5.41) is 0. The van der Waals surface area contributed by atoms with Crippen LogP contribution in [0.25, 0.3) is 0 Å². The summed E-state index contributed by atoms with van der Waals surface area (Å²) in [5.41, 5.74) is -0.0356. The highest BCUT2D eigenvalue weighted by atomic mass is 19.3. The minimum absolute atomic E-state index is 0.00648. The Bertz CT molecular complexity index is 402. The fourth-order valence-electron chi connectivity index (χ4n) is 1.43. The highest BCUT2D eigenvalue weighted by Gasteiger charge is 2.19. The molecule has 0 bridgehead atoms. The van der Waals surface area contributed by atoms with Gasteiger partial charge in [-0.2, -0.15) is 8.78 Å². The molecule has 0 aliphatic carbocycles. The van der Waals surface area contributed by atoms with Gasteiger partial charge in [0, 0.05) is 5.56 Å². The first-order chi connectivity index (χ1) is 7.47. The molecule has 0 saturated carbocycles. The van der Waals surface area contributed by atoms with Crippen molar-refractivity contribution in [2.24, 2.45) is 0 Å². The lowest BCUT2D eigenvalue weighted by atomic mass is 10.0. The van der Waals surface area contributed by atoms with Crippen LogP contribution in [0.5, 0.6) is 5.75 Å². The fraction of sp³-hybridized carbons (Fsp3) is 0.364. The highest BCUT2D eigenvalue weighted by molar-refractivity contribution is 5.97. The SMILES string of the molecule is CCc1c(F)ccc(C(C)=O)c1OC(F)F. The van der Waals surface area contributed by atoms with Gasteiger partial charge in [0.15, 0.2) is 5.78 Å². The van der Waals surface area contributed by atoms with Crippen molar-refractivity contribution in [3.05, 3.63) is 29.1 Å². The molecule has 0 fully saturated rings. The molecular weight excluding hydrogens is 221 g/mol. The largest absolute Gasteiger partial charge is 0.434 e. The second kappa shape index (κ2) is 5.01. The normalized spacial score (nSPS) is 10.6. The molecule has 0 amide bonds. The van der Waals surface area contributed by atoms with E-state index in [1.165, 1.54) is 6.92 Å². The maximum absolute atomic E-state index is 13.3. The van der Waals surface area contributed by atoms with Gasteiger partial charge in [-0.25, -0.2) is 4.39 Å². The number of hydrogen-bond acceptors (Lipinski definition) is 2. The van der Waals surface area contributed by atoms with Crippen molar-refractivity contribution in [2.45, 2.75) is 26.9 Å². The summed E-state index contributed by atoms with van der Waals surface area (Å²) in [4.78, 5) is 11.2. The number of ether oxygens (including phenoxy) is 1. The number of benzene rings is 1. The van der Waals surface area contributed by atoms with Crippen LogP contribution in [0.1, 0.15) is 29.8 Å². The molecule has 5 heteroatoms. The molecule has 0 saturated heterocycles. The predicted molar refractivity (Wildman–Crippen MR) is 52.4 cm³/mol. The van der Waals surface area contributed by atoms with Gasteiger partial charge in [-0.1, -0.05) is 6.92 Å². The number of carbonyl (C=O) groups is 1. The van der Waals surface area contributed by atoms with Crippen LogP contribution in [0, 0.1) is 5.82 Å². The van der Waals surface area contributed by atoms with E-state index in [9.17, 15) is 18.0 Å². The molecule has 0 radical (unpaired) electrons. The summed E-state index contributed by atoms with van der Waals surface area (Å²) in [7, 11) is 0. The third-order valence-corrected chi connectivity index (χ3v) is 2.14. The monoisotopic (exact) mass is 232 g/mol. The molecule has 88 valence electrons. The van der Waals surface area contributed by atoms with Crippen molar-refractivity contribution < 1.29 is 22.7 Å². The highest BCUT2D eigenvalue weighted by Crippen LogP contribution is 2.29. The number of Topliss-reactive ketones (excluding diaryl/α,β-unsaturated/α-hetero) is 1. The van der Waals surface area contributed by atoms with Gasteiger partial charge in [-0.3, -0.25) is 4.79 Å². The van der Waals surface area contributed by atoms with Gasteiger partial charge >= 0.3 is 6.61 Å². The third-order valence-electron chi connectivity index (χ3n) is 2.14. The summed E-state index contributed by atoms with van der Waals surface area (Å²) in [5.74, 6) is -1.45. The first-order valence-corrected chi connectivity index (χ1v) is 4.74. The molecule has 2 nitrogen and oxygen atoms in total. The van der Waals surface area contributed by atoms with E-state index in [4.69, 9.17) is 0 Å². The molecule has 0 unspecified atom stereocenters. The standard InChI is InChI=1S/C11H11F3O2/c1-3-7-9(12)5-4-8(6(2)15)10(7)16-11(13)14/h4-5,11H,3H2,1-2H3. The summed E-state index contributed by atoms with van der Waals surface area (Å²) in [6, 6.07) is 2.22. The van der Waals surface area contributed by atoms with Crippen LogP contribution in [0.15, 0.2) is 12.1 Å². The number of ketones is 1. The lowest BCUT2D eigenvalue weighted by molar-refractivity contribution is -0.0508. The number of carbonyl (C=O) groups excluding carboxylic acids is 1. The van der Waals surface area contributed by atoms with Gasteiger partial charge in [0.1, 0.15) is 11.6 Å². The van der Waals surface area contributed by atoms with Crippen molar-refractivity contribution in [1.82, 2.24) is 0 Å². The first kappa shape index (κ1) is 12.5. The van der Waals surface area contributed by atoms with Crippen LogP contribution in [-0.2, 0) is 6.42 Å². The number of alkyl halides is 2. The van der Waals surface area contributed by atoms with E-state index >= 15 is 0 Å². The maximum Gasteiger partial charge on any atom is 0.387 e. The van der Waals surface area contributed by atoms with Crippen LogP contribution in [-0.4, -0.2) is 12.4 Å². The molecule has 0 N–H and O–H groups in total. The van der Waals surface area contributed by atoms with Crippen LogP contribution >= 0.6 is 0 Å². The Hall–Kier alpha value is -1.52. The molecule has 0 aliphatic heterocycles. The van der Waals surface area contributed by atoms with Crippen molar-refractivity contribution in [2.75, 3.05) is 0 Å². The lowest BCUT2D eigenvalue weighted by Gasteiger charge is -2.13. The number of hydrogen-bond donors (Lipinski definition) is 0. The second-order valence-corrected chi connectivity index (χ2v) is 3.19. The average molecular weight is 232 g/mol. The zero-order chi connectivity index (χ0) is 12.3. The summed E-state index contributed by atoms with van der Waals surface area (Å²) < 4.78 is 41.8. The Labute approximate surface area is 91.0 Å². The zero-order valence-corrected chi connectivity index (χ0v) is 8.89. The average Bonchev–Trinajstić information content (AvgIpc) is 2.16. The molecular formula is C11H11F3O2. The van der Waals surface area contributed by atoms with Crippen LogP contribution < -0.4 is 4.74 Å². The van der Waals surface area contributed by atoms with E-state index < -0.39 is 18.2 Å². The van der Waals surface area contributed by atoms with Crippen molar-refractivity contribution in [3.8, 4) is 5.75 Å². The van der Waals surface area contributed by atoms with Gasteiger partial charge in [-0.05, 0) is 25.5 Å².